The van der Waals surface area contributed by atoms with Crippen molar-refractivity contribution in [1.29, 1.82) is 0 Å². The molecule has 0 aromatic heterocycles. The number of carbonyl (C=O) groups excluding carboxylic acids is 2. The van der Waals surface area contributed by atoms with E-state index in [0.717, 1.165) is 24.4 Å². The van der Waals surface area contributed by atoms with Gasteiger partial charge in [-0.05, 0) is 49.7 Å². The zero-order valence-electron chi connectivity index (χ0n) is 15.0. The van der Waals surface area contributed by atoms with E-state index in [2.05, 4.69) is 4.90 Å². The first-order valence-electron chi connectivity index (χ1n) is 9.79. The fraction of sp³-hybridized carbons (Fsp3) is 0.545. The van der Waals surface area contributed by atoms with Gasteiger partial charge >= 0.3 is 0 Å². The Morgan fingerprint density at radius 2 is 1.76 bits per heavy atom. The number of amides is 1. The molecule has 0 spiro atoms. The second kappa shape index (κ2) is 8.98. The van der Waals surface area contributed by atoms with Gasteiger partial charge in [-0.3, -0.25) is 9.59 Å². The van der Waals surface area contributed by atoms with Crippen LogP contribution in [0.1, 0.15) is 63.4 Å². The van der Waals surface area contributed by atoms with Gasteiger partial charge in [0.2, 0.25) is 5.91 Å². The van der Waals surface area contributed by atoms with Crippen LogP contribution in [-0.4, -0.2) is 29.2 Å². The third-order valence-corrected chi connectivity index (χ3v) is 5.64. The van der Waals surface area contributed by atoms with Gasteiger partial charge < -0.3 is 4.90 Å². The summed E-state index contributed by atoms with van der Waals surface area (Å²) in [5.74, 6) is 1.09. The van der Waals surface area contributed by atoms with Gasteiger partial charge in [0.25, 0.3) is 0 Å². The lowest BCUT2D eigenvalue weighted by Crippen LogP contribution is -2.49. The Kier molecular flexibility index (Phi) is 6.43. The number of likely N-dealkylation sites (tertiary alicyclic amines) is 1. The minimum Gasteiger partial charge on any atom is -0.339 e. The molecule has 1 aromatic rings. The average Bonchev–Trinajstić information content (AvgIpc) is 2.66. The first-order chi connectivity index (χ1) is 12.2. The maximum atomic E-state index is 12.6. The normalized spacial score (nSPS) is 23.4. The fourth-order valence-electron chi connectivity index (χ4n) is 4.33. The van der Waals surface area contributed by atoms with E-state index >= 15 is 0 Å². The lowest BCUT2D eigenvalue weighted by molar-refractivity contribution is -0.137. The van der Waals surface area contributed by atoms with Crippen LogP contribution in [0.15, 0.2) is 36.4 Å². The number of ketones is 1. The average molecular weight is 339 g/mol. The summed E-state index contributed by atoms with van der Waals surface area (Å²) < 4.78 is 0. The Bertz CT molecular complexity index is 606. The van der Waals surface area contributed by atoms with E-state index in [0.29, 0.717) is 25.3 Å². The molecule has 2 aliphatic rings. The minimum absolute atomic E-state index is 0.103. The van der Waals surface area contributed by atoms with Crippen LogP contribution in [0.5, 0.6) is 0 Å². The molecule has 3 nitrogen and oxygen atoms in total. The Morgan fingerprint density at radius 3 is 2.60 bits per heavy atom. The van der Waals surface area contributed by atoms with Crippen molar-refractivity contribution in [3.63, 3.8) is 0 Å². The molecule has 2 fully saturated rings. The number of rotatable bonds is 6. The Hall–Kier alpha value is -1.90. The molecule has 1 aliphatic carbocycles. The number of benzene rings is 1. The first kappa shape index (κ1) is 17.9. The molecule has 3 rings (SSSR count). The highest BCUT2D eigenvalue weighted by Gasteiger charge is 2.35. The highest BCUT2D eigenvalue weighted by Crippen LogP contribution is 2.35. The Balaban J connectivity index is 1.42. The van der Waals surface area contributed by atoms with Gasteiger partial charge in [-0.15, -0.1) is 0 Å². The van der Waals surface area contributed by atoms with Gasteiger partial charge in [0.15, 0.2) is 5.78 Å². The summed E-state index contributed by atoms with van der Waals surface area (Å²) in [7, 11) is 0. The van der Waals surface area contributed by atoms with E-state index < -0.39 is 0 Å². The van der Waals surface area contributed by atoms with E-state index in [1.807, 2.05) is 36.4 Å². The summed E-state index contributed by atoms with van der Waals surface area (Å²) >= 11 is 0. The number of fused-ring (bicyclic) bond motifs is 1. The molecule has 0 N–H and O–H groups in total. The van der Waals surface area contributed by atoms with Gasteiger partial charge in [-0.2, -0.15) is 0 Å². The third kappa shape index (κ3) is 5.04. The summed E-state index contributed by atoms with van der Waals surface area (Å²) in [4.78, 5) is 26.7. The van der Waals surface area contributed by atoms with E-state index in [-0.39, 0.29) is 11.7 Å². The summed E-state index contributed by atoms with van der Waals surface area (Å²) in [6.45, 7) is 0.919. The number of hydrogen-bond donors (Lipinski definition) is 0. The summed E-state index contributed by atoms with van der Waals surface area (Å²) in [6.07, 6.45) is 12.6. The Labute approximate surface area is 151 Å². The first-order valence-corrected chi connectivity index (χ1v) is 9.79. The van der Waals surface area contributed by atoms with Gasteiger partial charge in [0.05, 0.1) is 0 Å². The van der Waals surface area contributed by atoms with Gasteiger partial charge in [0.1, 0.15) is 0 Å². The smallest absolute Gasteiger partial charge is 0.222 e. The molecule has 25 heavy (non-hydrogen) atoms. The fourth-order valence-corrected chi connectivity index (χ4v) is 4.33. The molecule has 1 heterocycles. The van der Waals surface area contributed by atoms with Crippen molar-refractivity contribution in [2.24, 2.45) is 5.92 Å². The van der Waals surface area contributed by atoms with Crippen molar-refractivity contribution in [3.05, 3.63) is 42.0 Å². The lowest BCUT2D eigenvalue weighted by atomic mass is 9.78. The number of hydrogen-bond acceptors (Lipinski definition) is 2. The topological polar surface area (TPSA) is 37.4 Å². The maximum absolute atomic E-state index is 12.6. The second-order valence-corrected chi connectivity index (χ2v) is 7.41. The van der Waals surface area contributed by atoms with E-state index in [1.165, 1.54) is 32.1 Å². The molecule has 2 unspecified atom stereocenters. The molecule has 1 amide bonds. The minimum atomic E-state index is 0.103. The molecule has 0 radical (unpaired) electrons. The Morgan fingerprint density at radius 1 is 1.00 bits per heavy atom. The van der Waals surface area contributed by atoms with Gasteiger partial charge in [-0.1, -0.05) is 49.2 Å². The predicted octanol–water partition coefficient (Wildman–Crippen LogP) is 4.62. The highest BCUT2D eigenvalue weighted by atomic mass is 16.2. The standard InChI is InChI=1S/C22H29NO2/c24-20(16-15-18-8-2-1-3-9-18)12-6-14-22(25)23-17-7-11-19-10-4-5-13-21(19)23/h1-3,8-9,15-16,19,21H,4-7,10-14,17H2/b16-15+. The van der Waals surface area contributed by atoms with Crippen molar-refractivity contribution >= 4 is 17.8 Å². The van der Waals surface area contributed by atoms with Crippen molar-refractivity contribution in [2.75, 3.05) is 6.54 Å². The number of nitrogens with zero attached hydrogens (tertiary/aromatic N) is 1. The summed E-state index contributed by atoms with van der Waals surface area (Å²) in [6, 6.07) is 10.3. The molecule has 134 valence electrons. The zero-order valence-corrected chi connectivity index (χ0v) is 15.0. The molecule has 1 saturated carbocycles. The molecular weight excluding hydrogens is 310 g/mol. The molecule has 2 atom stereocenters. The van der Waals surface area contributed by atoms with Crippen LogP contribution in [0.3, 0.4) is 0 Å². The van der Waals surface area contributed by atoms with Crippen LogP contribution in [0.2, 0.25) is 0 Å². The van der Waals surface area contributed by atoms with Crippen LogP contribution >= 0.6 is 0 Å². The van der Waals surface area contributed by atoms with Crippen molar-refractivity contribution in [1.82, 2.24) is 4.90 Å². The molecule has 0 bridgehead atoms. The predicted molar refractivity (Wildman–Crippen MR) is 101 cm³/mol. The number of carbonyl (C=O) groups is 2. The quantitative estimate of drug-likeness (QED) is 0.709. The largest absolute Gasteiger partial charge is 0.339 e. The van der Waals surface area contributed by atoms with Crippen molar-refractivity contribution < 1.29 is 9.59 Å². The van der Waals surface area contributed by atoms with E-state index in [1.54, 1.807) is 6.08 Å². The van der Waals surface area contributed by atoms with E-state index in [9.17, 15) is 9.59 Å². The number of allylic oxidation sites excluding steroid dienone is 1. The zero-order chi connectivity index (χ0) is 17.5. The van der Waals surface area contributed by atoms with Crippen LogP contribution in [0, 0.1) is 5.92 Å². The summed E-state index contributed by atoms with van der Waals surface area (Å²) in [5, 5.41) is 0. The maximum Gasteiger partial charge on any atom is 0.222 e. The number of piperidine rings is 1. The molecule has 1 aliphatic heterocycles. The van der Waals surface area contributed by atoms with Crippen LogP contribution in [0.25, 0.3) is 6.08 Å². The SMILES string of the molecule is O=C(/C=C/c1ccccc1)CCCC(=O)N1CCCC2CCCCC21. The van der Waals surface area contributed by atoms with Gasteiger partial charge in [-0.25, -0.2) is 0 Å². The molecule has 1 saturated heterocycles. The van der Waals surface area contributed by atoms with Crippen LogP contribution in [-0.2, 0) is 9.59 Å². The van der Waals surface area contributed by atoms with Crippen LogP contribution in [0.4, 0.5) is 0 Å². The van der Waals surface area contributed by atoms with Crippen molar-refractivity contribution in [3.8, 4) is 0 Å². The molecular formula is C22H29NO2. The molecule has 1 aromatic carbocycles. The van der Waals surface area contributed by atoms with Crippen molar-refractivity contribution in [2.45, 2.75) is 63.8 Å². The monoisotopic (exact) mass is 339 g/mol. The van der Waals surface area contributed by atoms with E-state index in [4.69, 9.17) is 0 Å². The second-order valence-electron chi connectivity index (χ2n) is 7.41. The van der Waals surface area contributed by atoms with Crippen LogP contribution < -0.4 is 0 Å². The summed E-state index contributed by atoms with van der Waals surface area (Å²) in [5.41, 5.74) is 1.03. The van der Waals surface area contributed by atoms with Gasteiger partial charge in [0, 0.05) is 25.4 Å². The molecule has 3 heteroatoms. The lowest BCUT2D eigenvalue weighted by Gasteiger charge is -2.44. The third-order valence-electron chi connectivity index (χ3n) is 5.64. The highest BCUT2D eigenvalue weighted by molar-refractivity contribution is 5.93.